The van der Waals surface area contributed by atoms with Gasteiger partial charge in [0.15, 0.2) is 0 Å². The van der Waals surface area contributed by atoms with Crippen LogP contribution in [0.3, 0.4) is 0 Å². The number of rotatable bonds is 16. The number of furan rings is 1. The molecule has 5 aromatic heterocycles. The number of aromatic nitrogens is 4. The van der Waals surface area contributed by atoms with Crippen molar-refractivity contribution in [3.8, 4) is 45.0 Å². The molecule has 3 fully saturated rings. The Labute approximate surface area is 800 Å². The number of carbonyl (C=O) groups is 2. The molecule has 9 nitrogen and oxygen atoms in total. The van der Waals surface area contributed by atoms with Gasteiger partial charge in [-0.2, -0.15) is 0 Å². The second kappa shape index (κ2) is 47.9. The SMILES string of the molecule is CC(=O)CC(C)O.CC(C)C(=O)CC(O)C(C)C.Cc1[c-]c(-c2cc(C3CCC(c4ccccc4)CC3)c3ccccc3n2)cc(C)c1.Cc1[c-]c(-c2cc(C3CCC(c4ccccc4)CC3)c3ccccc3n2)cc(C)c1.[2H]C([2H])([2H])c1c[c-]c(-c2ccc(C([2H])([2H])[2H])cn2)cc1.[2H]C1(c2ccnc(-c3[c-]cccc3)c2)CCC([2H])(c2ccc3c(c2)oc2ccccc23)CC1.[Ir].[Ir].[Ir]. The van der Waals surface area contributed by atoms with E-state index in [9.17, 15) is 17.4 Å². The van der Waals surface area contributed by atoms with Gasteiger partial charge in [0, 0.05) is 124 Å². The zero-order valence-electron chi connectivity index (χ0n) is 81.8. The summed E-state index contributed by atoms with van der Waals surface area (Å²) < 4.78 is 68.2. The predicted molar refractivity (Wildman–Crippen MR) is 508 cm³/mol. The van der Waals surface area contributed by atoms with E-state index >= 15 is 0 Å². The van der Waals surface area contributed by atoms with Gasteiger partial charge in [0.05, 0.1) is 23.2 Å². The van der Waals surface area contributed by atoms with Crippen molar-refractivity contribution in [3.63, 3.8) is 0 Å². The molecule has 3 radical (unpaired) electrons. The second-order valence-electron chi connectivity index (χ2n) is 34.2. The number of aliphatic hydroxyl groups excluding tert-OH is 2. The minimum absolute atomic E-state index is 0. The van der Waals surface area contributed by atoms with Gasteiger partial charge in [-0.25, -0.2) is 0 Å². The van der Waals surface area contributed by atoms with Gasteiger partial charge < -0.3 is 24.6 Å². The summed E-state index contributed by atoms with van der Waals surface area (Å²) in [7, 11) is 0. The Kier molecular flexibility index (Phi) is 33.1. The van der Waals surface area contributed by atoms with Crippen LogP contribution in [0.5, 0.6) is 0 Å². The summed E-state index contributed by atoms with van der Waals surface area (Å²) in [5, 5.41) is 22.7. The zero-order chi connectivity index (χ0) is 93.3. The summed E-state index contributed by atoms with van der Waals surface area (Å²) in [6.45, 7) is 14.8. The van der Waals surface area contributed by atoms with Crippen LogP contribution >= 0.6 is 0 Å². The van der Waals surface area contributed by atoms with E-state index in [1.54, 1.807) is 25.3 Å². The number of Topliss-reactive ketones (excluding diaryl/α,β-unsaturated/α-hetero) is 2. The van der Waals surface area contributed by atoms with Crippen molar-refractivity contribution in [1.82, 2.24) is 19.9 Å². The van der Waals surface area contributed by atoms with Crippen LogP contribution in [0, 0.1) is 77.5 Å². The van der Waals surface area contributed by atoms with Gasteiger partial charge in [-0.15, -0.1) is 141 Å². The van der Waals surface area contributed by atoms with E-state index in [0.29, 0.717) is 67.0 Å². The molecule has 3 aliphatic rings. The summed E-state index contributed by atoms with van der Waals surface area (Å²) in [6.07, 6.45) is 15.3. The third-order valence-electron chi connectivity index (χ3n) is 23.9. The van der Waals surface area contributed by atoms with E-state index < -0.39 is 37.7 Å². The molecule has 15 aromatic rings. The van der Waals surface area contributed by atoms with Crippen molar-refractivity contribution in [2.45, 2.75) is 221 Å². The van der Waals surface area contributed by atoms with Gasteiger partial charge >= 0.3 is 0 Å². The van der Waals surface area contributed by atoms with Crippen molar-refractivity contribution < 1.29 is 95.5 Å². The van der Waals surface area contributed by atoms with Crippen molar-refractivity contribution >= 4 is 55.3 Å². The van der Waals surface area contributed by atoms with Crippen LogP contribution in [0.2, 0.25) is 0 Å². The number of benzene rings is 10. The number of nitrogens with zero attached hydrogens (tertiary/aromatic N) is 4. The Morgan fingerprint density at radius 2 is 0.913 bits per heavy atom. The van der Waals surface area contributed by atoms with Crippen molar-refractivity contribution in [2.75, 3.05) is 0 Å². The topological polar surface area (TPSA) is 139 Å². The summed E-state index contributed by atoms with van der Waals surface area (Å²) in [5.74, 6) is 1.58. The average molecular weight is 2210 g/mol. The summed E-state index contributed by atoms with van der Waals surface area (Å²) in [4.78, 5) is 39.8. The normalized spacial score (nSPS) is 19.2. The number of para-hydroxylation sites is 3. The third kappa shape index (κ3) is 27.2. The molecule has 126 heavy (non-hydrogen) atoms. The number of aryl methyl sites for hydroxylation is 6. The number of hydrogen-bond acceptors (Lipinski definition) is 9. The zero-order valence-corrected chi connectivity index (χ0v) is 81.0. The van der Waals surface area contributed by atoms with Crippen LogP contribution < -0.4 is 0 Å². The van der Waals surface area contributed by atoms with Crippen LogP contribution in [0.25, 0.3) is 88.8 Å². The van der Waals surface area contributed by atoms with E-state index in [2.05, 4.69) is 226 Å². The monoisotopic (exact) mass is 2210 g/mol. The summed E-state index contributed by atoms with van der Waals surface area (Å²) in [6, 6.07) is 99.6. The van der Waals surface area contributed by atoms with Gasteiger partial charge in [0.1, 0.15) is 22.7 Å². The molecular weight excluding hydrogens is 2080 g/mol. The molecule has 0 spiro atoms. The molecule has 0 aliphatic heterocycles. The summed E-state index contributed by atoms with van der Waals surface area (Å²) in [5.41, 5.74) is 24.3. The molecule has 10 aromatic carbocycles. The molecule has 18 rings (SSSR count). The van der Waals surface area contributed by atoms with Crippen molar-refractivity contribution in [3.05, 3.63) is 358 Å². The maximum absolute atomic E-state index is 11.1. The van der Waals surface area contributed by atoms with E-state index in [1.807, 2.05) is 88.4 Å². The molecular formula is C114H120Ir3N4O5-4. The molecule has 2 unspecified atom stereocenters. The first-order valence-corrected chi connectivity index (χ1v) is 43.8. The molecule has 12 heteroatoms. The molecule has 0 saturated heterocycles. The second-order valence-corrected chi connectivity index (χ2v) is 34.2. The minimum Gasteiger partial charge on any atom is -0.456 e. The largest absolute Gasteiger partial charge is 0.456 e. The number of aliphatic hydroxyl groups is 2. The Morgan fingerprint density at radius 1 is 0.429 bits per heavy atom. The van der Waals surface area contributed by atoms with Gasteiger partial charge in [0.2, 0.25) is 0 Å². The Bertz CT molecular complexity index is 6050. The minimum atomic E-state index is -2.18. The number of hydrogen-bond donors (Lipinski definition) is 2. The fourth-order valence-electron chi connectivity index (χ4n) is 17.3. The van der Waals surface area contributed by atoms with E-state index in [0.717, 1.165) is 77.9 Å². The fourth-order valence-corrected chi connectivity index (χ4v) is 17.3. The van der Waals surface area contributed by atoms with Gasteiger partial charge in [-0.05, 0) is 226 Å². The van der Waals surface area contributed by atoms with Crippen molar-refractivity contribution in [2.24, 2.45) is 11.8 Å². The number of fused-ring (bicyclic) bond motifs is 5. The average Bonchev–Trinajstić information content (AvgIpc) is 1.51. The van der Waals surface area contributed by atoms with Crippen LogP contribution in [0.4, 0.5) is 0 Å². The number of carbonyl (C=O) groups excluding carboxylic acids is 2. The molecule has 3 saturated carbocycles. The summed E-state index contributed by atoms with van der Waals surface area (Å²) >= 11 is 0. The van der Waals surface area contributed by atoms with Gasteiger partial charge in [-0.3, -0.25) is 19.6 Å². The Morgan fingerprint density at radius 3 is 1.37 bits per heavy atom. The number of ketones is 2. The third-order valence-corrected chi connectivity index (χ3v) is 23.9. The maximum Gasteiger partial charge on any atom is 0.138 e. The van der Waals surface area contributed by atoms with E-state index in [1.165, 1.54) is 138 Å². The molecule has 2 N–H and O–H groups in total. The van der Waals surface area contributed by atoms with Gasteiger partial charge in [0.25, 0.3) is 0 Å². The maximum atomic E-state index is 11.1. The van der Waals surface area contributed by atoms with Crippen LogP contribution in [-0.2, 0) is 69.9 Å². The van der Waals surface area contributed by atoms with Crippen molar-refractivity contribution in [1.29, 1.82) is 0 Å². The molecule has 2 atom stereocenters. The standard InChI is InChI=1S/C29H24NO.2C29H28N.C13H12N.C9H18O2.C5H10O2.3Ir/c1-2-6-22(7-3-1)27-18-24(16-17-30-27)21-12-10-20(11-13-21)23-14-15-26-25-8-4-5-9-28(25)31-29(26)19-23;2*1-20-16-21(2)18-25(17-20)29-19-27(26-10-6-7-11-28(26)30-29)24-14-12-23(13-15-24)22-8-4-3-5-9-22;1-10-3-6-12(7-4-10)13-8-5-11(2)9-14-13;1-6(2)8(10)5-9(11)7(3)4;1-4(6)3-5(2)7;;;/h1-6,8-9,14-21H,10-13H2;2*3-11,16-17,19,23-24H,12-15H2,1-2H3;3-6,8-9H,1-2H3;6-8,10H,5H2,1-4H3;4,6H,3H2,1-2H3;;;/q4*-1;;;;;/i20D,21D;;;1D3,2D3;;;;;. The van der Waals surface area contributed by atoms with Crippen LogP contribution in [0.1, 0.15) is 245 Å². The smallest absolute Gasteiger partial charge is 0.138 e. The first-order chi connectivity index (χ1) is 62.6. The predicted octanol–water partition coefficient (Wildman–Crippen LogP) is 28.5. The first-order valence-electron chi connectivity index (χ1n) is 47.8. The molecule has 657 valence electrons. The van der Waals surface area contributed by atoms with E-state index in [4.69, 9.17) is 27.7 Å². The van der Waals surface area contributed by atoms with Gasteiger partial charge in [-0.1, -0.05) is 226 Å². The number of pyridine rings is 4. The fraction of sp³-hybridized carbons (Fsp3) is 0.316. The van der Waals surface area contributed by atoms with Crippen LogP contribution in [0.15, 0.2) is 272 Å². The van der Waals surface area contributed by atoms with Crippen LogP contribution in [-0.4, -0.2) is 53.9 Å². The molecule has 0 amide bonds. The quantitative estimate of drug-likeness (QED) is 0.0905. The first kappa shape index (κ1) is 87.0. The Balaban J connectivity index is 0.000000175. The molecule has 0 bridgehead atoms. The molecule has 5 heterocycles. The van der Waals surface area contributed by atoms with E-state index in [-0.39, 0.29) is 101 Å². The molecule has 3 aliphatic carbocycles. The Hall–Kier alpha value is -9.67.